The topological polar surface area (TPSA) is 45.5 Å². The number of hydrogen-bond donors (Lipinski definition) is 1. The highest BCUT2D eigenvalue weighted by atomic mass is 15.3. The molecule has 5 nitrogen and oxygen atoms in total. The zero-order valence-electron chi connectivity index (χ0n) is 12.5. The standard InChI is InChI=1S/C15H23N5/c1-11(2)13-9-14-15(17-6-8-20(14)18-13)19-7-4-5-12(10-19)16-3/h6,8-9,11-12,16H,4-5,7,10H2,1-3H3. The maximum Gasteiger partial charge on any atom is 0.154 e. The van der Waals surface area contributed by atoms with E-state index in [1.165, 1.54) is 12.8 Å². The Balaban J connectivity index is 1.98. The van der Waals surface area contributed by atoms with Gasteiger partial charge in [0, 0.05) is 31.5 Å². The van der Waals surface area contributed by atoms with Crippen LogP contribution in [0.4, 0.5) is 5.82 Å². The average Bonchev–Trinajstić information content (AvgIpc) is 2.91. The Morgan fingerprint density at radius 3 is 3.00 bits per heavy atom. The third kappa shape index (κ3) is 2.38. The third-order valence-electron chi connectivity index (χ3n) is 4.11. The number of hydrogen-bond acceptors (Lipinski definition) is 4. The molecule has 108 valence electrons. The van der Waals surface area contributed by atoms with Crippen molar-refractivity contribution in [2.45, 2.75) is 38.6 Å². The molecule has 0 amide bonds. The van der Waals surface area contributed by atoms with Crippen LogP contribution in [-0.2, 0) is 0 Å². The predicted molar refractivity (Wildman–Crippen MR) is 81.4 cm³/mol. The van der Waals surface area contributed by atoms with Crippen molar-refractivity contribution in [2.24, 2.45) is 0 Å². The molecule has 1 saturated heterocycles. The Labute approximate surface area is 120 Å². The third-order valence-corrected chi connectivity index (χ3v) is 4.11. The first kappa shape index (κ1) is 13.4. The molecule has 0 saturated carbocycles. The van der Waals surface area contributed by atoms with E-state index in [1.54, 1.807) is 0 Å². The van der Waals surface area contributed by atoms with Gasteiger partial charge in [-0.3, -0.25) is 0 Å². The number of fused-ring (bicyclic) bond motifs is 1. The number of anilines is 1. The molecule has 0 spiro atoms. The van der Waals surface area contributed by atoms with E-state index in [2.05, 4.69) is 40.2 Å². The van der Waals surface area contributed by atoms with Gasteiger partial charge in [0.1, 0.15) is 5.52 Å². The molecular weight excluding hydrogens is 250 g/mol. The van der Waals surface area contributed by atoms with E-state index in [1.807, 2.05) is 24.0 Å². The molecule has 1 aliphatic heterocycles. The number of nitrogens with zero attached hydrogens (tertiary/aromatic N) is 4. The van der Waals surface area contributed by atoms with Crippen molar-refractivity contribution in [1.82, 2.24) is 19.9 Å². The molecule has 1 fully saturated rings. The Morgan fingerprint density at radius 1 is 1.40 bits per heavy atom. The van der Waals surface area contributed by atoms with E-state index in [-0.39, 0.29) is 0 Å². The van der Waals surface area contributed by atoms with Crippen LogP contribution in [0.2, 0.25) is 0 Å². The molecule has 2 aromatic heterocycles. The van der Waals surface area contributed by atoms with Gasteiger partial charge in [-0.2, -0.15) is 5.10 Å². The molecule has 1 N–H and O–H groups in total. The molecule has 0 radical (unpaired) electrons. The predicted octanol–water partition coefficient (Wildman–Crippen LogP) is 2.04. The normalized spacial score (nSPS) is 20.0. The van der Waals surface area contributed by atoms with Gasteiger partial charge in [-0.1, -0.05) is 13.8 Å². The summed E-state index contributed by atoms with van der Waals surface area (Å²) in [5.74, 6) is 1.50. The van der Waals surface area contributed by atoms with Crippen LogP contribution in [0.15, 0.2) is 18.5 Å². The quantitative estimate of drug-likeness (QED) is 0.929. The Bertz CT molecular complexity index is 589. The molecule has 3 heterocycles. The van der Waals surface area contributed by atoms with Crippen LogP contribution in [0.5, 0.6) is 0 Å². The first-order valence-corrected chi connectivity index (χ1v) is 7.45. The van der Waals surface area contributed by atoms with Gasteiger partial charge in [-0.15, -0.1) is 0 Å². The van der Waals surface area contributed by atoms with Crippen LogP contribution in [-0.4, -0.2) is 40.8 Å². The summed E-state index contributed by atoms with van der Waals surface area (Å²) in [6, 6.07) is 2.73. The van der Waals surface area contributed by atoms with Crippen molar-refractivity contribution in [1.29, 1.82) is 0 Å². The smallest absolute Gasteiger partial charge is 0.154 e. The summed E-state index contributed by atoms with van der Waals surface area (Å²) in [5, 5.41) is 8.02. The SMILES string of the molecule is CNC1CCCN(c2nccn3nc(C(C)C)cc23)C1. The van der Waals surface area contributed by atoms with Gasteiger partial charge < -0.3 is 10.2 Å². The van der Waals surface area contributed by atoms with Crippen molar-refractivity contribution in [3.8, 4) is 0 Å². The molecule has 1 aliphatic rings. The second-order valence-electron chi connectivity index (χ2n) is 5.88. The van der Waals surface area contributed by atoms with Crippen LogP contribution in [0, 0.1) is 0 Å². The Kier molecular flexibility index (Phi) is 3.61. The summed E-state index contributed by atoms with van der Waals surface area (Å²) in [6.45, 7) is 6.44. The molecule has 5 heteroatoms. The monoisotopic (exact) mass is 273 g/mol. The maximum atomic E-state index is 4.64. The summed E-state index contributed by atoms with van der Waals surface area (Å²) >= 11 is 0. The summed E-state index contributed by atoms with van der Waals surface area (Å²) in [6.07, 6.45) is 6.23. The van der Waals surface area contributed by atoms with E-state index in [0.29, 0.717) is 12.0 Å². The summed E-state index contributed by atoms with van der Waals surface area (Å²) in [4.78, 5) is 6.99. The van der Waals surface area contributed by atoms with Crippen LogP contribution < -0.4 is 10.2 Å². The van der Waals surface area contributed by atoms with Crippen molar-refractivity contribution in [3.05, 3.63) is 24.2 Å². The lowest BCUT2D eigenvalue weighted by Gasteiger charge is -2.33. The number of piperidine rings is 1. The Morgan fingerprint density at radius 2 is 2.25 bits per heavy atom. The average molecular weight is 273 g/mol. The lowest BCUT2D eigenvalue weighted by Crippen LogP contribution is -2.44. The van der Waals surface area contributed by atoms with Gasteiger partial charge in [0.25, 0.3) is 0 Å². The molecule has 1 atom stereocenters. The second-order valence-corrected chi connectivity index (χ2v) is 5.88. The van der Waals surface area contributed by atoms with Gasteiger partial charge in [-0.25, -0.2) is 9.50 Å². The van der Waals surface area contributed by atoms with Crippen molar-refractivity contribution in [3.63, 3.8) is 0 Å². The Hall–Kier alpha value is -1.62. The number of likely N-dealkylation sites (N-methyl/N-ethyl adjacent to an activating group) is 1. The van der Waals surface area contributed by atoms with Gasteiger partial charge >= 0.3 is 0 Å². The van der Waals surface area contributed by atoms with E-state index in [4.69, 9.17) is 0 Å². The van der Waals surface area contributed by atoms with Crippen LogP contribution in [0.3, 0.4) is 0 Å². The summed E-state index contributed by atoms with van der Waals surface area (Å²) < 4.78 is 1.96. The molecule has 2 aromatic rings. The van der Waals surface area contributed by atoms with E-state index < -0.39 is 0 Å². The molecular formula is C15H23N5. The summed E-state index contributed by atoms with van der Waals surface area (Å²) in [7, 11) is 2.04. The lowest BCUT2D eigenvalue weighted by molar-refractivity contribution is 0.448. The molecule has 20 heavy (non-hydrogen) atoms. The molecule has 0 aromatic carbocycles. The van der Waals surface area contributed by atoms with Crippen molar-refractivity contribution < 1.29 is 0 Å². The second kappa shape index (κ2) is 5.40. The zero-order valence-corrected chi connectivity index (χ0v) is 12.5. The highest BCUT2D eigenvalue weighted by molar-refractivity contribution is 5.69. The molecule has 0 bridgehead atoms. The first-order valence-electron chi connectivity index (χ1n) is 7.45. The molecule has 3 rings (SSSR count). The van der Waals surface area contributed by atoms with E-state index >= 15 is 0 Å². The van der Waals surface area contributed by atoms with E-state index in [0.717, 1.165) is 30.1 Å². The van der Waals surface area contributed by atoms with Gasteiger partial charge in [0.05, 0.1) is 5.69 Å². The highest BCUT2D eigenvalue weighted by Gasteiger charge is 2.22. The van der Waals surface area contributed by atoms with E-state index in [9.17, 15) is 0 Å². The lowest BCUT2D eigenvalue weighted by atomic mass is 10.1. The minimum atomic E-state index is 0.439. The number of aromatic nitrogens is 3. The fourth-order valence-corrected chi connectivity index (χ4v) is 2.86. The fourth-order valence-electron chi connectivity index (χ4n) is 2.86. The van der Waals surface area contributed by atoms with Crippen LogP contribution in [0.25, 0.3) is 5.52 Å². The largest absolute Gasteiger partial charge is 0.353 e. The molecule has 0 aliphatic carbocycles. The van der Waals surface area contributed by atoms with Crippen molar-refractivity contribution in [2.75, 3.05) is 25.0 Å². The first-order chi connectivity index (χ1) is 9.69. The fraction of sp³-hybridized carbons (Fsp3) is 0.600. The van der Waals surface area contributed by atoms with Gasteiger partial charge in [0.15, 0.2) is 5.82 Å². The maximum absolute atomic E-state index is 4.64. The minimum absolute atomic E-state index is 0.439. The van der Waals surface area contributed by atoms with Gasteiger partial charge in [-0.05, 0) is 31.9 Å². The molecule has 1 unspecified atom stereocenters. The minimum Gasteiger partial charge on any atom is -0.353 e. The summed E-state index contributed by atoms with van der Waals surface area (Å²) in [5.41, 5.74) is 2.24. The van der Waals surface area contributed by atoms with Crippen LogP contribution >= 0.6 is 0 Å². The number of nitrogens with one attached hydrogen (secondary N) is 1. The number of rotatable bonds is 3. The van der Waals surface area contributed by atoms with Crippen molar-refractivity contribution >= 4 is 11.3 Å². The highest BCUT2D eigenvalue weighted by Crippen LogP contribution is 2.25. The van der Waals surface area contributed by atoms with Gasteiger partial charge in [0.2, 0.25) is 0 Å². The zero-order chi connectivity index (χ0) is 14.1. The van der Waals surface area contributed by atoms with Crippen LogP contribution in [0.1, 0.15) is 38.3 Å².